The zero-order chi connectivity index (χ0) is 26.2. The molecule has 2 fully saturated rings. The van der Waals surface area contributed by atoms with Gasteiger partial charge in [0.25, 0.3) is 0 Å². The van der Waals surface area contributed by atoms with Crippen molar-refractivity contribution in [3.63, 3.8) is 0 Å². The molecule has 2 aromatic carbocycles. The highest BCUT2D eigenvalue weighted by atomic mass is 16.5. The Balaban J connectivity index is 1.43. The summed E-state index contributed by atoms with van der Waals surface area (Å²) in [7, 11) is 0. The third kappa shape index (κ3) is 6.77. The van der Waals surface area contributed by atoms with Crippen molar-refractivity contribution < 1.29 is 23.9 Å². The van der Waals surface area contributed by atoms with Crippen molar-refractivity contribution in [2.75, 3.05) is 6.61 Å². The monoisotopic (exact) mass is 506 g/mol. The summed E-state index contributed by atoms with van der Waals surface area (Å²) in [5, 5.41) is 3.23. The zero-order valence-electron chi connectivity index (χ0n) is 21.8. The van der Waals surface area contributed by atoms with E-state index >= 15 is 0 Å². The molecule has 7 heteroatoms. The van der Waals surface area contributed by atoms with E-state index in [1.807, 2.05) is 60.7 Å². The second-order valence-corrected chi connectivity index (χ2v) is 10.1. The van der Waals surface area contributed by atoms with Crippen molar-refractivity contribution in [2.24, 2.45) is 5.92 Å². The Morgan fingerprint density at radius 2 is 1.65 bits per heavy atom. The number of hydrogen-bond donors (Lipinski definition) is 1. The van der Waals surface area contributed by atoms with Crippen molar-refractivity contribution >= 4 is 17.8 Å². The van der Waals surface area contributed by atoms with Gasteiger partial charge in [-0.05, 0) is 63.0 Å². The number of benzene rings is 2. The van der Waals surface area contributed by atoms with Crippen molar-refractivity contribution in [2.45, 2.75) is 83.1 Å². The van der Waals surface area contributed by atoms with Crippen LogP contribution in [0.25, 0.3) is 0 Å². The average molecular weight is 507 g/mol. The number of ether oxygens (including phenoxy) is 2. The van der Waals surface area contributed by atoms with E-state index < -0.39 is 18.1 Å². The largest absolute Gasteiger partial charge is 0.465 e. The normalized spacial score (nSPS) is 22.2. The van der Waals surface area contributed by atoms with E-state index in [4.69, 9.17) is 9.47 Å². The minimum Gasteiger partial charge on any atom is -0.465 e. The Bertz CT molecular complexity index is 1040. The molecule has 1 heterocycles. The molecule has 2 aromatic rings. The lowest BCUT2D eigenvalue weighted by molar-refractivity contribution is -0.156. The first-order chi connectivity index (χ1) is 18.0. The van der Waals surface area contributed by atoms with E-state index in [0.717, 1.165) is 30.4 Å². The number of aryl methyl sites for hydroxylation is 1. The van der Waals surface area contributed by atoms with Crippen molar-refractivity contribution in [3.8, 4) is 0 Å². The number of nitrogens with zero attached hydrogens (tertiary/aromatic N) is 1. The van der Waals surface area contributed by atoms with Crippen LogP contribution >= 0.6 is 0 Å². The lowest BCUT2D eigenvalue weighted by Crippen LogP contribution is -2.55. The lowest BCUT2D eigenvalue weighted by Gasteiger charge is -2.32. The summed E-state index contributed by atoms with van der Waals surface area (Å²) in [4.78, 5) is 41.4. The van der Waals surface area contributed by atoms with Crippen LogP contribution in [-0.2, 0) is 36.9 Å². The maximum Gasteiger partial charge on any atom is 0.329 e. The number of hydrogen-bond acceptors (Lipinski definition) is 6. The summed E-state index contributed by atoms with van der Waals surface area (Å²) >= 11 is 0. The molecule has 0 spiro atoms. The molecule has 2 aliphatic rings. The number of fused-ring (bicyclic) bond motifs is 1. The second-order valence-electron chi connectivity index (χ2n) is 10.1. The van der Waals surface area contributed by atoms with Crippen LogP contribution < -0.4 is 5.32 Å². The van der Waals surface area contributed by atoms with Crippen LogP contribution in [0.5, 0.6) is 0 Å². The number of carbonyl (C=O) groups is 3. The van der Waals surface area contributed by atoms with Gasteiger partial charge in [-0.15, -0.1) is 0 Å². The highest BCUT2D eigenvalue weighted by Crippen LogP contribution is 2.42. The smallest absolute Gasteiger partial charge is 0.329 e. The van der Waals surface area contributed by atoms with Gasteiger partial charge >= 0.3 is 11.9 Å². The molecule has 5 atom stereocenters. The van der Waals surface area contributed by atoms with Gasteiger partial charge in [0, 0.05) is 6.04 Å². The summed E-state index contributed by atoms with van der Waals surface area (Å²) in [5.41, 5.74) is 2.03. The quantitative estimate of drug-likeness (QED) is 0.463. The molecule has 1 amide bonds. The Labute approximate surface area is 219 Å². The van der Waals surface area contributed by atoms with Gasteiger partial charge in [0.1, 0.15) is 18.7 Å². The first-order valence-electron chi connectivity index (χ1n) is 13.5. The average Bonchev–Trinajstić information content (AvgIpc) is 3.52. The maximum absolute atomic E-state index is 13.8. The summed E-state index contributed by atoms with van der Waals surface area (Å²) < 4.78 is 10.9. The number of nitrogens with one attached hydrogen (secondary N) is 1. The maximum atomic E-state index is 13.8. The van der Waals surface area contributed by atoms with Crippen LogP contribution in [0.15, 0.2) is 60.7 Å². The summed E-state index contributed by atoms with van der Waals surface area (Å²) in [6.45, 7) is 4.00. The first kappa shape index (κ1) is 26.9. The molecule has 4 rings (SSSR count). The third-order valence-electron chi connectivity index (χ3n) is 7.55. The predicted octanol–water partition coefficient (Wildman–Crippen LogP) is 4.04. The molecular formula is C30H38N2O5. The van der Waals surface area contributed by atoms with Gasteiger partial charge < -0.3 is 14.4 Å². The van der Waals surface area contributed by atoms with Gasteiger partial charge in [0.05, 0.1) is 12.6 Å². The summed E-state index contributed by atoms with van der Waals surface area (Å²) in [6, 6.07) is 17.7. The van der Waals surface area contributed by atoms with Crippen molar-refractivity contribution in [3.05, 3.63) is 71.8 Å². The predicted molar refractivity (Wildman–Crippen MR) is 140 cm³/mol. The number of likely N-dealkylation sites (tertiary alicyclic amines) is 1. The molecule has 1 aliphatic carbocycles. The molecule has 1 N–H and O–H groups in total. The van der Waals surface area contributed by atoms with Gasteiger partial charge in [-0.2, -0.15) is 0 Å². The van der Waals surface area contributed by atoms with Crippen molar-refractivity contribution in [1.29, 1.82) is 0 Å². The Hall–Kier alpha value is -3.19. The molecule has 0 aromatic heterocycles. The molecule has 0 unspecified atom stereocenters. The van der Waals surface area contributed by atoms with E-state index in [0.29, 0.717) is 25.2 Å². The minimum atomic E-state index is -0.644. The van der Waals surface area contributed by atoms with Crippen molar-refractivity contribution in [1.82, 2.24) is 10.2 Å². The third-order valence-corrected chi connectivity index (χ3v) is 7.55. The molecule has 37 heavy (non-hydrogen) atoms. The standard InChI is InChI=1S/C30H38N2O5/c1-3-36-29(34)25(18-17-22-11-6-4-7-12-22)31-21(2)28(33)32-26-16-10-15-24(26)19-27(32)30(35)37-20-23-13-8-5-9-14-23/h4-9,11-14,21,24-27,31H,3,10,15-20H2,1-2H3/t21-,24-,25+,26+,27-/m0/s1. The van der Waals surface area contributed by atoms with Crippen LogP contribution in [0.2, 0.25) is 0 Å². The fourth-order valence-electron chi connectivity index (χ4n) is 5.71. The van der Waals surface area contributed by atoms with Gasteiger partial charge in [-0.25, -0.2) is 4.79 Å². The lowest BCUT2D eigenvalue weighted by atomic mass is 10.0. The minimum absolute atomic E-state index is 0.0383. The van der Waals surface area contributed by atoms with Gasteiger partial charge in [-0.1, -0.05) is 67.1 Å². The van der Waals surface area contributed by atoms with Crippen LogP contribution in [0.1, 0.15) is 57.1 Å². The van der Waals surface area contributed by atoms with Gasteiger partial charge in [-0.3, -0.25) is 14.9 Å². The molecule has 1 saturated carbocycles. The number of rotatable bonds is 11. The Morgan fingerprint density at radius 1 is 0.973 bits per heavy atom. The summed E-state index contributed by atoms with van der Waals surface area (Å²) in [5.74, 6) is -0.573. The fourth-order valence-corrected chi connectivity index (χ4v) is 5.71. The summed E-state index contributed by atoms with van der Waals surface area (Å²) in [6.07, 6.45) is 4.78. The molecule has 1 saturated heterocycles. The molecule has 0 bridgehead atoms. The SMILES string of the molecule is CCOC(=O)[C@@H](CCc1ccccc1)N[C@@H](C)C(=O)N1[C@@H]2CCC[C@H]2C[C@H]1C(=O)OCc1ccccc1. The van der Waals surface area contributed by atoms with Crippen LogP contribution in [0.3, 0.4) is 0 Å². The molecule has 1 aliphatic heterocycles. The van der Waals surface area contributed by atoms with E-state index in [2.05, 4.69) is 5.32 Å². The topological polar surface area (TPSA) is 84.9 Å². The van der Waals surface area contributed by atoms with Gasteiger partial charge in [0.2, 0.25) is 5.91 Å². The van der Waals surface area contributed by atoms with E-state index in [9.17, 15) is 14.4 Å². The van der Waals surface area contributed by atoms with E-state index in [1.54, 1.807) is 18.7 Å². The van der Waals surface area contributed by atoms with E-state index in [1.165, 1.54) is 0 Å². The fraction of sp³-hybridized carbons (Fsp3) is 0.500. The second kappa shape index (κ2) is 12.9. The van der Waals surface area contributed by atoms with E-state index in [-0.39, 0.29) is 37.1 Å². The molecule has 7 nitrogen and oxygen atoms in total. The highest BCUT2D eigenvalue weighted by Gasteiger charge is 2.50. The van der Waals surface area contributed by atoms with Crippen LogP contribution in [-0.4, -0.2) is 53.5 Å². The zero-order valence-corrected chi connectivity index (χ0v) is 21.8. The Kier molecular flexibility index (Phi) is 9.34. The number of amides is 1. The van der Waals surface area contributed by atoms with Gasteiger partial charge in [0.15, 0.2) is 0 Å². The number of esters is 2. The van der Waals surface area contributed by atoms with Crippen LogP contribution in [0, 0.1) is 5.92 Å². The number of carbonyl (C=O) groups excluding carboxylic acids is 3. The highest BCUT2D eigenvalue weighted by molar-refractivity contribution is 5.89. The molecular weight excluding hydrogens is 468 g/mol. The van der Waals surface area contributed by atoms with Crippen LogP contribution in [0.4, 0.5) is 0 Å². The first-order valence-corrected chi connectivity index (χ1v) is 13.5. The molecule has 0 radical (unpaired) electrons. The Morgan fingerprint density at radius 3 is 2.32 bits per heavy atom. The molecule has 198 valence electrons.